The minimum atomic E-state index is -3.29. The average molecular weight is 1070 g/mol. The van der Waals surface area contributed by atoms with E-state index in [9.17, 15) is 0 Å². The highest BCUT2D eigenvalue weighted by Crippen LogP contribution is 2.48. The maximum absolute atomic E-state index is 6.65. The maximum Gasteiger partial charge on any atom is 0.553 e. The van der Waals surface area contributed by atoms with E-state index in [1.165, 1.54) is 101 Å². The van der Waals surface area contributed by atoms with Crippen molar-refractivity contribution in [2.75, 3.05) is 38.9 Å². The first kappa shape index (κ1) is 51.9. The highest BCUT2D eigenvalue weighted by atomic mass is 32.1. The molecular formula is C61H65BN2O5S4Si. The molecule has 1 aliphatic heterocycles. The molecule has 0 spiro atoms. The molecule has 0 saturated heterocycles. The van der Waals surface area contributed by atoms with Crippen molar-refractivity contribution in [2.24, 2.45) is 0 Å². The van der Waals surface area contributed by atoms with E-state index in [4.69, 9.17) is 22.8 Å². The summed E-state index contributed by atoms with van der Waals surface area (Å²) in [5.41, 5.74) is 18.8. The molecule has 9 aromatic rings. The molecule has 0 aliphatic carbocycles. The lowest BCUT2D eigenvalue weighted by Gasteiger charge is -2.38. The highest BCUT2D eigenvalue weighted by molar-refractivity contribution is 7.33. The predicted octanol–water partition coefficient (Wildman–Crippen LogP) is 13.9. The van der Waals surface area contributed by atoms with Gasteiger partial charge < -0.3 is 32.1 Å². The van der Waals surface area contributed by atoms with Crippen molar-refractivity contribution in [3.63, 3.8) is 0 Å². The van der Waals surface area contributed by atoms with Crippen LogP contribution >= 0.6 is 45.3 Å². The van der Waals surface area contributed by atoms with Crippen molar-refractivity contribution >= 4 is 98.4 Å². The van der Waals surface area contributed by atoms with E-state index in [0.29, 0.717) is 19.8 Å². The van der Waals surface area contributed by atoms with Gasteiger partial charge >= 0.3 is 15.1 Å². The summed E-state index contributed by atoms with van der Waals surface area (Å²) < 4.78 is 34.7. The number of fused-ring (bicyclic) bond motifs is 3. The van der Waals surface area contributed by atoms with Crippen LogP contribution in [0.25, 0.3) is 39.8 Å². The quantitative estimate of drug-likeness (QED) is 0.0847. The van der Waals surface area contributed by atoms with Gasteiger partial charge in [0, 0.05) is 61.3 Å². The van der Waals surface area contributed by atoms with E-state index in [2.05, 4.69) is 162 Å². The van der Waals surface area contributed by atoms with Gasteiger partial charge in [0.25, 0.3) is 0 Å². The molecule has 0 fully saturated rings. The Morgan fingerprint density at radius 2 is 0.892 bits per heavy atom. The van der Waals surface area contributed by atoms with Crippen molar-refractivity contribution in [3.8, 4) is 51.3 Å². The zero-order valence-electron chi connectivity index (χ0n) is 44.8. The van der Waals surface area contributed by atoms with Gasteiger partial charge in [0.2, 0.25) is 5.01 Å². The number of aryl methyl sites for hydroxylation is 8. The van der Waals surface area contributed by atoms with Gasteiger partial charge in [0.05, 0.1) is 19.1 Å². The summed E-state index contributed by atoms with van der Waals surface area (Å²) in [5, 5.41) is 1.23. The van der Waals surface area contributed by atoms with E-state index in [1.807, 2.05) is 79.0 Å². The molecule has 0 N–H and O–H groups in total. The smallest absolute Gasteiger partial charge is 0.497 e. The van der Waals surface area contributed by atoms with Gasteiger partial charge in [0.15, 0.2) is 0 Å². The lowest BCUT2D eigenvalue weighted by molar-refractivity contribution is -0.518. The Bertz CT molecular complexity index is 3350. The largest absolute Gasteiger partial charge is 0.553 e. The first-order valence-electron chi connectivity index (χ1n) is 25.5. The fourth-order valence-corrected chi connectivity index (χ4v) is 20.2. The van der Waals surface area contributed by atoms with Gasteiger partial charge in [-0.05, 0) is 166 Å². The fraction of sp³-hybridized carbons (Fsp3) is 0.262. The second-order valence-electron chi connectivity index (χ2n) is 19.5. The van der Waals surface area contributed by atoms with Crippen LogP contribution in [0.4, 0.5) is 17.1 Å². The number of hydrogen-bond donors (Lipinski definition) is 0. The first-order chi connectivity index (χ1) is 35.7. The molecule has 0 unspecified atom stereocenters. The molecule has 380 valence electrons. The van der Waals surface area contributed by atoms with E-state index >= 15 is 0 Å². The van der Waals surface area contributed by atoms with Gasteiger partial charge in [0.1, 0.15) is 22.2 Å². The Labute approximate surface area is 454 Å². The zero-order chi connectivity index (χ0) is 52.2. The molecule has 10 rings (SSSR count). The minimum absolute atomic E-state index is 0.504. The average Bonchev–Trinajstić information content (AvgIpc) is 4.26. The summed E-state index contributed by atoms with van der Waals surface area (Å²) in [5.74, 6) is 1.64. The van der Waals surface area contributed by atoms with Crippen LogP contribution in [0, 0.1) is 55.4 Å². The normalized spacial score (nSPS) is 12.8. The number of thiophene rings is 3. The molecule has 0 atom stereocenters. The van der Waals surface area contributed by atoms with Crippen LogP contribution < -0.4 is 39.7 Å². The van der Waals surface area contributed by atoms with Gasteiger partial charge in [-0.25, -0.2) is 0 Å². The number of benzene rings is 5. The predicted molar refractivity (Wildman–Crippen MR) is 319 cm³/mol. The number of ether oxygens (including phenoxy) is 2. The van der Waals surface area contributed by atoms with Crippen LogP contribution in [-0.2, 0) is 13.3 Å². The van der Waals surface area contributed by atoms with Crippen LogP contribution in [0.1, 0.15) is 65.3 Å². The Hall–Kier alpha value is -5.61. The molecule has 0 radical (unpaired) electrons. The van der Waals surface area contributed by atoms with Gasteiger partial charge in [-0.3, -0.25) is 0 Å². The summed E-state index contributed by atoms with van der Waals surface area (Å²) in [6, 6.07) is 42.2. The van der Waals surface area contributed by atoms with Crippen LogP contribution in [0.15, 0.2) is 121 Å². The Balaban J connectivity index is 1.08. The monoisotopic (exact) mass is 1070 g/mol. The molecule has 5 aromatic carbocycles. The van der Waals surface area contributed by atoms with Crippen LogP contribution in [0.3, 0.4) is 0 Å². The van der Waals surface area contributed by atoms with Crippen molar-refractivity contribution in [2.45, 2.75) is 76.2 Å². The van der Waals surface area contributed by atoms with E-state index in [-0.39, 0.29) is 0 Å². The van der Waals surface area contributed by atoms with E-state index in [1.54, 1.807) is 25.6 Å². The van der Waals surface area contributed by atoms with E-state index < -0.39 is 15.1 Å². The lowest BCUT2D eigenvalue weighted by atomic mass is 9.23. The number of hydrogen-bond acceptors (Lipinski definition) is 10. The number of nitrogens with zero attached hydrogens (tertiary/aromatic N) is 2. The molecule has 74 heavy (non-hydrogen) atoms. The van der Waals surface area contributed by atoms with Crippen molar-refractivity contribution in [1.82, 2.24) is 0 Å². The highest BCUT2D eigenvalue weighted by Gasteiger charge is 2.57. The number of rotatable bonds is 17. The topological polar surface area (TPSA) is 53.3 Å². The SMILES string of the molecule is CCO[Si](OCC)(OCC)c1c[n+]2c(s1)-c1sc(-c3cc(C)c(-c4cc(C)c(-c5ccc(N(c6ccc(OC)cc6)c6ccc(OC)cc6)cc5)s4)s3)cc1[B-]2(c1c(C)cc(C)cc1C)c1c(C)cc(C)cc1C. The molecule has 7 nitrogen and oxygen atoms in total. The Morgan fingerprint density at radius 1 is 0.473 bits per heavy atom. The number of aromatic nitrogens is 1. The molecule has 0 bridgehead atoms. The Morgan fingerprint density at radius 3 is 1.36 bits per heavy atom. The molecule has 1 aliphatic rings. The third-order valence-corrected chi connectivity index (χ3v) is 23.4. The number of anilines is 3. The Kier molecular flexibility index (Phi) is 14.6. The molecule has 4 aromatic heterocycles. The maximum atomic E-state index is 6.65. The summed E-state index contributed by atoms with van der Waals surface area (Å²) in [6.45, 7) is 25.9. The van der Waals surface area contributed by atoms with Crippen molar-refractivity contribution in [3.05, 3.63) is 166 Å². The van der Waals surface area contributed by atoms with Crippen molar-refractivity contribution < 1.29 is 27.2 Å². The zero-order valence-corrected chi connectivity index (χ0v) is 49.1. The van der Waals surface area contributed by atoms with Gasteiger partial charge in [-0.2, -0.15) is 0 Å². The van der Waals surface area contributed by atoms with Crippen LogP contribution in [0.5, 0.6) is 11.5 Å². The fourth-order valence-electron chi connectivity index (χ4n) is 11.9. The molecule has 0 saturated carbocycles. The summed E-state index contributed by atoms with van der Waals surface area (Å²) >= 11 is 7.52. The molecule has 5 heterocycles. The third-order valence-electron chi connectivity index (χ3n) is 14.5. The third kappa shape index (κ3) is 8.92. The lowest BCUT2D eigenvalue weighted by Crippen LogP contribution is -2.84. The molecule has 13 heteroatoms. The first-order valence-corrected chi connectivity index (χ1v) is 30.5. The van der Waals surface area contributed by atoms with E-state index in [0.717, 1.165) is 33.1 Å². The number of thiazole rings is 1. The van der Waals surface area contributed by atoms with Gasteiger partial charge in [-0.15, -0.1) is 50.4 Å². The summed E-state index contributed by atoms with van der Waals surface area (Å²) in [6.07, 6.45) is 0.615. The summed E-state index contributed by atoms with van der Waals surface area (Å²) in [4.78, 5) is 10.0. The number of methoxy groups -OCH3 is 2. The van der Waals surface area contributed by atoms with Crippen LogP contribution in [-0.4, -0.2) is 49.1 Å². The van der Waals surface area contributed by atoms with Gasteiger partial charge in [-0.1, -0.05) is 87.2 Å². The second kappa shape index (κ2) is 20.8. The summed E-state index contributed by atoms with van der Waals surface area (Å²) in [7, 11) is 0.110. The minimum Gasteiger partial charge on any atom is -0.497 e. The molecule has 0 amide bonds. The standard InChI is InChI=1S/C61H65BN2O5S4Si/c1-14-67-74(68-15-2,69-16-3)55-36-63-61(73-55)60-51(62(63,56-39(6)29-37(4)30-40(56)7)57-41(8)31-38(5)32-42(57)9)35-53(71-60)52-33-44(11)59(70-52)54-34-43(10)58(72-54)45-17-19-46(20-18-45)64(47-21-25-49(65-12)26-22-47)48-23-27-50(66-13)28-24-48/h17-36H,14-16H2,1-13H3. The van der Waals surface area contributed by atoms with Crippen LogP contribution in [0.2, 0.25) is 0 Å². The van der Waals surface area contributed by atoms with Crippen molar-refractivity contribution in [1.29, 1.82) is 0 Å². The molecular weight excluding hydrogens is 1010 g/mol. The second-order valence-corrected chi connectivity index (χ2v) is 26.6.